The number of aliphatic hydroxyl groups is 1. The topological polar surface area (TPSA) is 41.5 Å². The summed E-state index contributed by atoms with van der Waals surface area (Å²) in [5, 5.41) is 12.7. The van der Waals surface area contributed by atoms with Gasteiger partial charge < -0.3 is 15.2 Å². The van der Waals surface area contributed by atoms with Gasteiger partial charge in [-0.05, 0) is 37.3 Å². The summed E-state index contributed by atoms with van der Waals surface area (Å²) in [6.07, 6.45) is 0. The van der Waals surface area contributed by atoms with Crippen LogP contribution in [0.3, 0.4) is 0 Å². The largest absolute Gasteiger partial charge is 0.495 e. The highest BCUT2D eigenvalue weighted by atomic mass is 19.1. The molecule has 0 amide bonds. The molecule has 0 aliphatic heterocycles. The van der Waals surface area contributed by atoms with Gasteiger partial charge in [0.2, 0.25) is 0 Å². The highest BCUT2D eigenvalue weighted by Gasteiger charge is 2.30. The second kappa shape index (κ2) is 6.10. The van der Waals surface area contributed by atoms with Gasteiger partial charge in [-0.1, -0.05) is 12.1 Å². The van der Waals surface area contributed by atoms with Crippen molar-refractivity contribution in [3.05, 3.63) is 59.7 Å². The highest BCUT2D eigenvalue weighted by Crippen LogP contribution is 2.32. The van der Waals surface area contributed by atoms with Crippen molar-refractivity contribution in [1.29, 1.82) is 0 Å². The van der Waals surface area contributed by atoms with Gasteiger partial charge in [-0.2, -0.15) is 0 Å². The van der Waals surface area contributed by atoms with Crippen molar-refractivity contribution in [3.63, 3.8) is 0 Å². The summed E-state index contributed by atoms with van der Waals surface area (Å²) >= 11 is 0. The number of ether oxygens (including phenoxy) is 1. The molecule has 3 nitrogen and oxygen atoms in total. The number of methoxy groups -OCH3 is 1. The van der Waals surface area contributed by atoms with Gasteiger partial charge in [0, 0.05) is 5.56 Å². The van der Waals surface area contributed by atoms with Gasteiger partial charge in [0.05, 0.1) is 24.9 Å². The lowest BCUT2D eigenvalue weighted by atomic mass is 9.91. The standard InChI is InChI=1S/C16H17F2NO2/c1-16(10-20,12-9-11(17)7-8-13(12)18)19-14-5-3-4-6-15(14)21-2/h3-9,19-20H,10H2,1-2H3. The Kier molecular flexibility index (Phi) is 4.43. The van der Waals surface area contributed by atoms with Gasteiger partial charge >= 0.3 is 0 Å². The molecule has 112 valence electrons. The summed E-state index contributed by atoms with van der Waals surface area (Å²) in [6.45, 7) is 1.18. The average molecular weight is 293 g/mol. The molecule has 0 saturated carbocycles. The number of halogens is 2. The Labute approximate surface area is 122 Å². The van der Waals surface area contributed by atoms with Crippen LogP contribution >= 0.6 is 0 Å². The third kappa shape index (κ3) is 3.13. The van der Waals surface area contributed by atoms with E-state index in [4.69, 9.17) is 4.74 Å². The molecule has 2 aromatic rings. The first-order chi connectivity index (χ1) is 10.00. The zero-order valence-electron chi connectivity index (χ0n) is 11.9. The van der Waals surface area contributed by atoms with Crippen LogP contribution in [0.15, 0.2) is 42.5 Å². The van der Waals surface area contributed by atoms with Crippen molar-refractivity contribution >= 4 is 5.69 Å². The van der Waals surface area contributed by atoms with Crippen molar-refractivity contribution in [2.24, 2.45) is 0 Å². The van der Waals surface area contributed by atoms with Crippen LogP contribution in [0.1, 0.15) is 12.5 Å². The van der Waals surface area contributed by atoms with E-state index in [9.17, 15) is 13.9 Å². The van der Waals surface area contributed by atoms with Gasteiger partial charge in [-0.3, -0.25) is 0 Å². The molecule has 2 N–H and O–H groups in total. The maximum Gasteiger partial charge on any atom is 0.141 e. The second-order valence-corrected chi connectivity index (χ2v) is 4.94. The Morgan fingerprint density at radius 2 is 1.90 bits per heavy atom. The number of anilines is 1. The van der Waals surface area contributed by atoms with E-state index in [1.165, 1.54) is 7.11 Å². The monoisotopic (exact) mass is 293 g/mol. The van der Waals surface area contributed by atoms with Crippen LogP contribution in [0, 0.1) is 11.6 Å². The molecule has 1 unspecified atom stereocenters. The van der Waals surface area contributed by atoms with Crippen LogP contribution in [0.2, 0.25) is 0 Å². The first-order valence-electron chi connectivity index (χ1n) is 6.48. The smallest absolute Gasteiger partial charge is 0.141 e. The molecule has 2 rings (SSSR count). The predicted molar refractivity (Wildman–Crippen MR) is 77.4 cm³/mol. The average Bonchev–Trinajstić information content (AvgIpc) is 2.50. The van der Waals surface area contributed by atoms with E-state index in [-0.39, 0.29) is 5.56 Å². The normalized spacial score (nSPS) is 13.6. The van der Waals surface area contributed by atoms with E-state index < -0.39 is 23.8 Å². The van der Waals surface area contributed by atoms with Crippen LogP contribution < -0.4 is 10.1 Å². The van der Waals surface area contributed by atoms with E-state index in [0.717, 1.165) is 18.2 Å². The maximum atomic E-state index is 14.0. The lowest BCUT2D eigenvalue weighted by Crippen LogP contribution is -2.37. The number of hydrogen-bond acceptors (Lipinski definition) is 3. The van der Waals surface area contributed by atoms with Gasteiger partial charge in [0.1, 0.15) is 17.4 Å². The molecule has 0 saturated heterocycles. The van der Waals surface area contributed by atoms with Gasteiger partial charge in [0.25, 0.3) is 0 Å². The van der Waals surface area contributed by atoms with E-state index in [1.54, 1.807) is 31.2 Å². The molecule has 0 aliphatic carbocycles. The zero-order chi connectivity index (χ0) is 15.5. The first kappa shape index (κ1) is 15.3. The summed E-state index contributed by atoms with van der Waals surface area (Å²) < 4.78 is 32.6. The summed E-state index contributed by atoms with van der Waals surface area (Å²) in [4.78, 5) is 0. The molecule has 0 aromatic heterocycles. The fourth-order valence-corrected chi connectivity index (χ4v) is 2.16. The van der Waals surface area contributed by atoms with Gasteiger partial charge in [0.15, 0.2) is 0 Å². The van der Waals surface area contributed by atoms with Crippen molar-refractivity contribution in [1.82, 2.24) is 0 Å². The van der Waals surface area contributed by atoms with E-state index in [2.05, 4.69) is 5.32 Å². The number of para-hydroxylation sites is 2. The molecule has 0 bridgehead atoms. The maximum absolute atomic E-state index is 14.0. The van der Waals surface area contributed by atoms with Crippen molar-refractivity contribution < 1.29 is 18.6 Å². The quantitative estimate of drug-likeness (QED) is 0.889. The Balaban J connectivity index is 2.44. The fraction of sp³-hybridized carbons (Fsp3) is 0.250. The third-order valence-electron chi connectivity index (χ3n) is 3.36. The zero-order valence-corrected chi connectivity index (χ0v) is 11.9. The summed E-state index contributed by atoms with van der Waals surface area (Å²) in [7, 11) is 1.51. The Morgan fingerprint density at radius 1 is 1.19 bits per heavy atom. The van der Waals surface area contributed by atoms with E-state index in [1.807, 2.05) is 0 Å². The van der Waals surface area contributed by atoms with Crippen LogP contribution in [0.4, 0.5) is 14.5 Å². The van der Waals surface area contributed by atoms with Crippen molar-refractivity contribution in [2.75, 3.05) is 19.0 Å². The second-order valence-electron chi connectivity index (χ2n) is 4.94. The highest BCUT2D eigenvalue weighted by molar-refractivity contribution is 5.58. The summed E-state index contributed by atoms with van der Waals surface area (Å²) in [5.41, 5.74) is -0.544. The Bertz CT molecular complexity index is 633. The minimum Gasteiger partial charge on any atom is -0.495 e. The number of aliphatic hydroxyl groups excluding tert-OH is 1. The SMILES string of the molecule is COc1ccccc1NC(C)(CO)c1cc(F)ccc1F. The van der Waals surface area contributed by atoms with Crippen molar-refractivity contribution in [3.8, 4) is 5.75 Å². The molecular formula is C16H17F2NO2. The van der Waals surface area contributed by atoms with Crippen LogP contribution in [-0.4, -0.2) is 18.8 Å². The van der Waals surface area contributed by atoms with Crippen LogP contribution in [0.25, 0.3) is 0 Å². The first-order valence-corrected chi connectivity index (χ1v) is 6.48. The lowest BCUT2D eigenvalue weighted by Gasteiger charge is -2.31. The number of rotatable bonds is 5. The van der Waals surface area contributed by atoms with E-state index in [0.29, 0.717) is 11.4 Å². The fourth-order valence-electron chi connectivity index (χ4n) is 2.16. The van der Waals surface area contributed by atoms with E-state index >= 15 is 0 Å². The molecule has 2 aromatic carbocycles. The minimum absolute atomic E-state index is 0.0518. The molecule has 0 heterocycles. The molecule has 0 spiro atoms. The van der Waals surface area contributed by atoms with Gasteiger partial charge in [-0.25, -0.2) is 8.78 Å². The number of hydrogen-bond donors (Lipinski definition) is 2. The van der Waals surface area contributed by atoms with Gasteiger partial charge in [-0.15, -0.1) is 0 Å². The molecular weight excluding hydrogens is 276 g/mol. The predicted octanol–water partition coefficient (Wildman–Crippen LogP) is 3.29. The number of benzene rings is 2. The molecule has 5 heteroatoms. The Morgan fingerprint density at radius 3 is 2.57 bits per heavy atom. The summed E-state index contributed by atoms with van der Waals surface area (Å²) in [5.74, 6) is -0.600. The molecule has 0 radical (unpaired) electrons. The summed E-state index contributed by atoms with van der Waals surface area (Å²) in [6, 6.07) is 10.2. The van der Waals surface area contributed by atoms with Crippen LogP contribution in [-0.2, 0) is 5.54 Å². The lowest BCUT2D eigenvalue weighted by molar-refractivity contribution is 0.220. The molecule has 21 heavy (non-hydrogen) atoms. The van der Waals surface area contributed by atoms with Crippen molar-refractivity contribution in [2.45, 2.75) is 12.5 Å². The number of nitrogens with one attached hydrogen (secondary N) is 1. The Hall–Kier alpha value is -2.14. The molecule has 1 atom stereocenters. The van der Waals surface area contributed by atoms with Crippen LogP contribution in [0.5, 0.6) is 5.75 Å². The molecule has 0 aliphatic rings. The minimum atomic E-state index is -1.18. The molecule has 0 fully saturated rings. The third-order valence-corrected chi connectivity index (χ3v) is 3.36.